The standard InChI is InChI=1S/C22H27N3O5S2/c1-4-18-23-19(30-24-18)12-8-13-20(26)29-22(17-10-6-5-7-11-17)16(2)25(3)32(27,28)21-14-9-15-31-21/h5-7,9-11,14-16,22H,4,8,12-13H2,1-3H3/t16-,22+/m1/s1. The van der Waals surface area contributed by atoms with Gasteiger partial charge in [-0.15, -0.1) is 11.3 Å². The Morgan fingerprint density at radius 1 is 1.22 bits per heavy atom. The van der Waals surface area contributed by atoms with Crippen LogP contribution in [0.15, 0.2) is 56.6 Å². The summed E-state index contributed by atoms with van der Waals surface area (Å²) in [6, 6.07) is 11.8. The summed E-state index contributed by atoms with van der Waals surface area (Å²) in [7, 11) is -2.20. The highest BCUT2D eigenvalue weighted by Gasteiger charge is 2.34. The van der Waals surface area contributed by atoms with Gasteiger partial charge in [0.15, 0.2) is 5.82 Å². The van der Waals surface area contributed by atoms with E-state index in [0.29, 0.717) is 31.0 Å². The molecule has 3 aromatic rings. The first-order valence-corrected chi connectivity index (χ1v) is 12.7. The number of nitrogens with zero attached hydrogens (tertiary/aromatic N) is 3. The summed E-state index contributed by atoms with van der Waals surface area (Å²) >= 11 is 1.15. The van der Waals surface area contributed by atoms with Gasteiger partial charge in [-0.1, -0.05) is 48.5 Å². The number of likely N-dealkylation sites (N-methyl/N-ethyl adjacent to an activating group) is 1. The van der Waals surface area contributed by atoms with Gasteiger partial charge in [0.25, 0.3) is 10.0 Å². The van der Waals surface area contributed by atoms with E-state index in [4.69, 9.17) is 9.26 Å². The van der Waals surface area contributed by atoms with Crippen molar-refractivity contribution < 1.29 is 22.5 Å². The van der Waals surface area contributed by atoms with Crippen molar-refractivity contribution in [2.45, 2.75) is 55.9 Å². The van der Waals surface area contributed by atoms with Crippen molar-refractivity contribution in [3.63, 3.8) is 0 Å². The Morgan fingerprint density at radius 2 is 1.97 bits per heavy atom. The van der Waals surface area contributed by atoms with E-state index in [1.165, 1.54) is 11.4 Å². The molecule has 10 heteroatoms. The van der Waals surface area contributed by atoms with Crippen LogP contribution in [0.3, 0.4) is 0 Å². The van der Waals surface area contributed by atoms with Crippen molar-refractivity contribution in [2.24, 2.45) is 0 Å². The van der Waals surface area contributed by atoms with Crippen LogP contribution in [0.2, 0.25) is 0 Å². The van der Waals surface area contributed by atoms with Gasteiger partial charge in [-0.05, 0) is 30.4 Å². The van der Waals surface area contributed by atoms with Crippen molar-refractivity contribution in [1.82, 2.24) is 14.4 Å². The molecule has 2 atom stereocenters. The van der Waals surface area contributed by atoms with Gasteiger partial charge in [0.2, 0.25) is 5.89 Å². The second-order valence-corrected chi connectivity index (χ2v) is 10.5. The van der Waals surface area contributed by atoms with E-state index in [2.05, 4.69) is 10.1 Å². The van der Waals surface area contributed by atoms with Crippen molar-refractivity contribution in [2.75, 3.05) is 7.05 Å². The molecule has 2 aromatic heterocycles. The Labute approximate surface area is 192 Å². The van der Waals surface area contributed by atoms with Gasteiger partial charge in [0.05, 0.1) is 6.04 Å². The maximum atomic E-state index is 13.0. The minimum absolute atomic E-state index is 0.154. The van der Waals surface area contributed by atoms with E-state index in [1.807, 2.05) is 37.3 Å². The van der Waals surface area contributed by atoms with E-state index < -0.39 is 28.1 Å². The second-order valence-electron chi connectivity index (χ2n) is 7.33. The van der Waals surface area contributed by atoms with Gasteiger partial charge in [-0.2, -0.15) is 9.29 Å². The number of hydrogen-bond donors (Lipinski definition) is 0. The maximum Gasteiger partial charge on any atom is 0.306 e. The highest BCUT2D eigenvalue weighted by molar-refractivity contribution is 7.91. The third-order valence-corrected chi connectivity index (χ3v) is 8.44. The van der Waals surface area contributed by atoms with E-state index in [9.17, 15) is 13.2 Å². The molecular formula is C22H27N3O5S2. The molecule has 2 heterocycles. The van der Waals surface area contributed by atoms with E-state index in [-0.39, 0.29) is 10.6 Å². The predicted octanol–water partition coefficient (Wildman–Crippen LogP) is 4.01. The Hall–Kier alpha value is -2.56. The Bertz CT molecular complexity index is 1100. The zero-order valence-electron chi connectivity index (χ0n) is 18.3. The smallest absolute Gasteiger partial charge is 0.306 e. The van der Waals surface area contributed by atoms with Gasteiger partial charge >= 0.3 is 5.97 Å². The van der Waals surface area contributed by atoms with Crippen LogP contribution < -0.4 is 0 Å². The van der Waals surface area contributed by atoms with E-state index >= 15 is 0 Å². The number of ether oxygens (including phenoxy) is 1. The third-order valence-electron chi connectivity index (χ3n) is 5.12. The van der Waals surface area contributed by atoms with Gasteiger partial charge in [-0.3, -0.25) is 4.79 Å². The number of esters is 1. The molecule has 1 aromatic carbocycles. The third kappa shape index (κ3) is 5.81. The average Bonchev–Trinajstić information content (AvgIpc) is 3.49. The SMILES string of the molecule is CCc1noc(CCCC(=O)O[C@H](c2ccccc2)[C@@H](C)N(C)S(=O)(=O)c2cccs2)n1. The molecule has 0 spiro atoms. The molecule has 0 aliphatic rings. The lowest BCUT2D eigenvalue weighted by Gasteiger charge is -2.31. The zero-order valence-corrected chi connectivity index (χ0v) is 19.9. The fourth-order valence-electron chi connectivity index (χ4n) is 3.17. The molecule has 0 fully saturated rings. The lowest BCUT2D eigenvalue weighted by atomic mass is 10.0. The van der Waals surface area contributed by atoms with Crippen LogP contribution in [-0.2, 0) is 32.4 Å². The van der Waals surface area contributed by atoms with Crippen LogP contribution in [0.1, 0.15) is 50.1 Å². The number of thiophene rings is 1. The zero-order chi connectivity index (χ0) is 23.1. The van der Waals surface area contributed by atoms with Crippen LogP contribution in [0.25, 0.3) is 0 Å². The summed E-state index contributed by atoms with van der Waals surface area (Å²) in [6.45, 7) is 3.67. The number of aryl methyl sites for hydroxylation is 2. The Morgan fingerprint density at radius 3 is 2.59 bits per heavy atom. The fraction of sp³-hybridized carbons (Fsp3) is 0.409. The summed E-state index contributed by atoms with van der Waals surface area (Å²) in [4.78, 5) is 16.9. The van der Waals surface area contributed by atoms with Crippen LogP contribution in [0, 0.1) is 0 Å². The number of hydrogen-bond acceptors (Lipinski definition) is 8. The van der Waals surface area contributed by atoms with E-state index in [0.717, 1.165) is 16.9 Å². The normalized spacial score (nSPS) is 13.8. The predicted molar refractivity (Wildman–Crippen MR) is 121 cm³/mol. The number of aromatic nitrogens is 2. The molecule has 0 aliphatic heterocycles. The molecule has 0 bridgehead atoms. The van der Waals surface area contributed by atoms with Gasteiger partial charge < -0.3 is 9.26 Å². The fourth-order valence-corrected chi connectivity index (χ4v) is 5.71. The van der Waals surface area contributed by atoms with Crippen LogP contribution in [-0.4, -0.2) is 41.9 Å². The summed E-state index contributed by atoms with van der Waals surface area (Å²) < 4.78 is 38.4. The van der Waals surface area contributed by atoms with Gasteiger partial charge in [0, 0.05) is 26.3 Å². The minimum atomic E-state index is -3.70. The molecule has 0 N–H and O–H groups in total. The molecule has 0 radical (unpaired) electrons. The summed E-state index contributed by atoms with van der Waals surface area (Å²) in [5.74, 6) is 0.711. The number of benzene rings is 1. The van der Waals surface area contributed by atoms with Crippen molar-refractivity contribution in [3.8, 4) is 0 Å². The van der Waals surface area contributed by atoms with Gasteiger partial charge in [0.1, 0.15) is 10.3 Å². The van der Waals surface area contributed by atoms with E-state index in [1.54, 1.807) is 24.4 Å². The van der Waals surface area contributed by atoms with Gasteiger partial charge in [-0.25, -0.2) is 8.42 Å². The number of sulfonamides is 1. The van der Waals surface area contributed by atoms with Crippen molar-refractivity contribution in [1.29, 1.82) is 0 Å². The molecule has 0 unspecified atom stereocenters. The first kappa shape index (κ1) is 24.1. The molecule has 8 nitrogen and oxygen atoms in total. The lowest BCUT2D eigenvalue weighted by molar-refractivity contribution is -0.152. The summed E-state index contributed by atoms with van der Waals surface area (Å²) in [5.41, 5.74) is 0.728. The quantitative estimate of drug-likeness (QED) is 0.384. The number of rotatable bonds is 11. The van der Waals surface area contributed by atoms with Crippen LogP contribution >= 0.6 is 11.3 Å². The van der Waals surface area contributed by atoms with Crippen molar-refractivity contribution in [3.05, 3.63) is 65.1 Å². The van der Waals surface area contributed by atoms with Crippen LogP contribution in [0.4, 0.5) is 0 Å². The molecule has 0 saturated heterocycles. The Balaban J connectivity index is 1.69. The second kappa shape index (κ2) is 10.8. The molecule has 3 rings (SSSR count). The first-order chi connectivity index (χ1) is 15.3. The summed E-state index contributed by atoms with van der Waals surface area (Å²) in [6.07, 6.45) is 1.05. The maximum absolute atomic E-state index is 13.0. The number of carbonyl (C=O) groups excluding carboxylic acids is 1. The monoisotopic (exact) mass is 477 g/mol. The summed E-state index contributed by atoms with van der Waals surface area (Å²) in [5, 5.41) is 5.56. The molecule has 0 saturated carbocycles. The molecule has 0 amide bonds. The molecule has 172 valence electrons. The lowest BCUT2D eigenvalue weighted by Crippen LogP contribution is -2.40. The van der Waals surface area contributed by atoms with Crippen molar-refractivity contribution >= 4 is 27.3 Å². The Kier molecular flexibility index (Phi) is 8.16. The first-order valence-electron chi connectivity index (χ1n) is 10.4. The minimum Gasteiger partial charge on any atom is -0.456 e. The molecule has 32 heavy (non-hydrogen) atoms. The molecular weight excluding hydrogens is 450 g/mol. The average molecular weight is 478 g/mol. The highest BCUT2D eigenvalue weighted by Crippen LogP contribution is 2.30. The number of carbonyl (C=O) groups is 1. The highest BCUT2D eigenvalue weighted by atomic mass is 32.2. The molecule has 0 aliphatic carbocycles. The van der Waals surface area contributed by atoms with Crippen LogP contribution in [0.5, 0.6) is 0 Å². The largest absolute Gasteiger partial charge is 0.456 e. The topological polar surface area (TPSA) is 103 Å².